The molecule has 1 heterocycles. The van der Waals surface area contributed by atoms with Crippen molar-refractivity contribution in [3.63, 3.8) is 0 Å². The summed E-state index contributed by atoms with van der Waals surface area (Å²) >= 11 is 0. The summed E-state index contributed by atoms with van der Waals surface area (Å²) in [5.41, 5.74) is 1.62. The first kappa shape index (κ1) is 20.3. The third-order valence-corrected chi connectivity index (χ3v) is 4.74. The first-order chi connectivity index (χ1) is 14.8. The highest BCUT2D eigenvalue weighted by molar-refractivity contribution is 6.08. The Hall–Kier alpha value is -4.01. The smallest absolute Gasteiger partial charge is 0.260 e. The van der Waals surface area contributed by atoms with Gasteiger partial charge in [-0.15, -0.1) is 0 Å². The first-order valence-corrected chi connectivity index (χ1v) is 9.00. The lowest BCUT2D eigenvalue weighted by molar-refractivity contribution is 0.101. The third kappa shape index (κ3) is 3.65. The highest BCUT2D eigenvalue weighted by Gasteiger charge is 2.24. The van der Waals surface area contributed by atoms with Crippen molar-refractivity contribution in [1.29, 1.82) is 0 Å². The Bertz CT molecular complexity index is 1360. The Morgan fingerprint density at radius 3 is 2.39 bits per heavy atom. The van der Waals surface area contributed by atoms with Crippen LogP contribution in [0.15, 0.2) is 48.5 Å². The number of Topliss-reactive ketones (excluding diaryl/α,β-unsaturated/α-hetero) is 1. The molecule has 5 nitrogen and oxygen atoms in total. The van der Waals surface area contributed by atoms with E-state index in [1.54, 1.807) is 36.4 Å². The molecule has 0 aliphatic carbocycles. The first-order valence-electron chi connectivity index (χ1n) is 9.00. The molecule has 4 aromatic rings. The topological polar surface area (TPSA) is 74.8 Å². The number of anilines is 1. The molecular formula is C22H13F4N3O2. The van der Waals surface area contributed by atoms with Crippen LogP contribution in [0.25, 0.3) is 22.0 Å². The minimum Gasteiger partial charge on any atom is -0.304 e. The Morgan fingerprint density at radius 2 is 1.65 bits per heavy atom. The minimum atomic E-state index is -2.07. The monoisotopic (exact) mass is 427 g/mol. The highest BCUT2D eigenvalue weighted by atomic mass is 19.2. The predicted molar refractivity (Wildman–Crippen MR) is 106 cm³/mol. The van der Waals surface area contributed by atoms with Gasteiger partial charge in [0.25, 0.3) is 5.91 Å². The van der Waals surface area contributed by atoms with Crippen LogP contribution in [0.3, 0.4) is 0 Å². The Balaban J connectivity index is 1.66. The molecule has 0 unspecified atom stereocenters. The summed E-state index contributed by atoms with van der Waals surface area (Å²) in [6, 6.07) is 12.4. The van der Waals surface area contributed by atoms with Crippen LogP contribution in [0.4, 0.5) is 23.4 Å². The summed E-state index contributed by atoms with van der Waals surface area (Å²) in [6.45, 7) is 1.47. The molecule has 31 heavy (non-hydrogen) atoms. The molecule has 0 saturated heterocycles. The van der Waals surface area contributed by atoms with Crippen LogP contribution in [-0.2, 0) is 0 Å². The maximum atomic E-state index is 13.9. The molecule has 3 aromatic carbocycles. The summed E-state index contributed by atoms with van der Waals surface area (Å²) in [5, 5.41) is 9.35. The van der Waals surface area contributed by atoms with E-state index in [0.29, 0.717) is 16.5 Å². The lowest BCUT2D eigenvalue weighted by atomic mass is 10.0. The van der Waals surface area contributed by atoms with Gasteiger partial charge in [0.15, 0.2) is 34.9 Å². The lowest BCUT2D eigenvalue weighted by Gasteiger charge is -2.07. The van der Waals surface area contributed by atoms with Crippen molar-refractivity contribution in [2.45, 2.75) is 6.92 Å². The zero-order chi connectivity index (χ0) is 22.3. The van der Waals surface area contributed by atoms with E-state index in [1.807, 2.05) is 6.07 Å². The van der Waals surface area contributed by atoms with Crippen LogP contribution in [0, 0.1) is 23.3 Å². The van der Waals surface area contributed by atoms with Crippen LogP contribution in [0.2, 0.25) is 0 Å². The zero-order valence-electron chi connectivity index (χ0n) is 15.9. The fourth-order valence-electron chi connectivity index (χ4n) is 3.13. The maximum Gasteiger partial charge on any atom is 0.260 e. The molecule has 2 N–H and O–H groups in total. The molecule has 0 saturated carbocycles. The minimum absolute atomic E-state index is 0.00595. The summed E-state index contributed by atoms with van der Waals surface area (Å²) in [4.78, 5) is 23.9. The summed E-state index contributed by atoms with van der Waals surface area (Å²) in [6.07, 6.45) is 0. The van der Waals surface area contributed by atoms with Gasteiger partial charge in [-0.05, 0) is 42.3 Å². The van der Waals surface area contributed by atoms with Crippen molar-refractivity contribution in [3.05, 3.63) is 82.9 Å². The van der Waals surface area contributed by atoms with Crippen LogP contribution in [0.1, 0.15) is 27.6 Å². The number of hydrogen-bond acceptors (Lipinski definition) is 3. The van der Waals surface area contributed by atoms with Gasteiger partial charge in [-0.3, -0.25) is 14.7 Å². The van der Waals surface area contributed by atoms with Gasteiger partial charge < -0.3 is 5.32 Å². The number of fused-ring (bicyclic) bond motifs is 1. The molecule has 1 aromatic heterocycles. The van der Waals surface area contributed by atoms with Gasteiger partial charge in [-0.1, -0.05) is 24.3 Å². The molecular weight excluding hydrogens is 414 g/mol. The van der Waals surface area contributed by atoms with E-state index >= 15 is 0 Å². The molecule has 0 atom stereocenters. The van der Waals surface area contributed by atoms with Crippen molar-refractivity contribution >= 4 is 28.4 Å². The average molecular weight is 427 g/mol. The number of carbonyl (C=O) groups excluding carboxylic acids is 2. The average Bonchev–Trinajstić information content (AvgIpc) is 3.16. The van der Waals surface area contributed by atoms with Crippen molar-refractivity contribution < 1.29 is 27.2 Å². The van der Waals surface area contributed by atoms with E-state index in [9.17, 15) is 27.2 Å². The number of halogens is 4. The fraction of sp³-hybridized carbons (Fsp3) is 0.0455. The number of nitrogens with one attached hydrogen (secondary N) is 2. The van der Waals surface area contributed by atoms with Crippen LogP contribution < -0.4 is 5.32 Å². The van der Waals surface area contributed by atoms with Crippen molar-refractivity contribution in [1.82, 2.24) is 10.2 Å². The van der Waals surface area contributed by atoms with E-state index < -0.39 is 34.7 Å². The molecule has 0 bridgehead atoms. The molecule has 4 rings (SSSR count). The molecule has 1 amide bonds. The maximum absolute atomic E-state index is 13.9. The number of nitrogens with zero attached hydrogens (tertiary/aromatic N) is 1. The van der Waals surface area contributed by atoms with Crippen molar-refractivity contribution in [3.8, 4) is 11.1 Å². The molecule has 0 spiro atoms. The number of carbonyl (C=O) groups is 2. The SMILES string of the molecule is CC(=O)c1cccc(-c2ccc3c(NC(=O)c4cc(F)c(F)c(F)c4F)n[nH]c3c2)c1. The molecule has 0 aliphatic rings. The number of rotatable bonds is 4. The summed E-state index contributed by atoms with van der Waals surface area (Å²) in [7, 11) is 0. The summed E-state index contributed by atoms with van der Waals surface area (Å²) in [5.74, 6) is -8.83. The Kier molecular flexibility index (Phi) is 5.02. The molecule has 156 valence electrons. The third-order valence-electron chi connectivity index (χ3n) is 4.74. The highest BCUT2D eigenvalue weighted by Crippen LogP contribution is 2.28. The Morgan fingerprint density at radius 1 is 0.903 bits per heavy atom. The van der Waals surface area contributed by atoms with Gasteiger partial charge >= 0.3 is 0 Å². The number of benzene rings is 3. The second kappa shape index (κ2) is 7.67. The zero-order valence-corrected chi connectivity index (χ0v) is 15.9. The number of H-pyrrole nitrogens is 1. The number of aromatic nitrogens is 2. The van der Waals surface area contributed by atoms with Crippen LogP contribution in [-0.4, -0.2) is 21.9 Å². The van der Waals surface area contributed by atoms with Gasteiger partial charge in [0, 0.05) is 10.9 Å². The molecule has 9 heteroatoms. The Labute approximate surface area is 172 Å². The van der Waals surface area contributed by atoms with Crippen LogP contribution in [0.5, 0.6) is 0 Å². The van der Waals surface area contributed by atoms with E-state index in [4.69, 9.17) is 0 Å². The standard InChI is InChI=1S/C22H13F4N3O2/c1-10(30)11-3-2-4-12(7-11)13-5-6-14-17(8-13)28-29-21(14)27-22(31)15-9-16(23)19(25)20(26)18(15)24/h2-9H,1H3,(H2,27,28,29,31). The van der Waals surface area contributed by atoms with E-state index in [0.717, 1.165) is 11.1 Å². The lowest BCUT2D eigenvalue weighted by Crippen LogP contribution is -2.16. The largest absolute Gasteiger partial charge is 0.304 e. The second-order valence-corrected chi connectivity index (χ2v) is 6.77. The molecule has 0 radical (unpaired) electrons. The van der Waals surface area contributed by atoms with Crippen molar-refractivity contribution in [2.24, 2.45) is 0 Å². The van der Waals surface area contributed by atoms with Gasteiger partial charge in [0.1, 0.15) is 0 Å². The number of hydrogen-bond donors (Lipinski definition) is 2. The quantitative estimate of drug-likeness (QED) is 0.202. The normalized spacial score (nSPS) is 11.0. The van der Waals surface area contributed by atoms with Crippen LogP contribution >= 0.6 is 0 Å². The van der Waals surface area contributed by atoms with E-state index in [1.165, 1.54) is 6.92 Å². The molecule has 0 aliphatic heterocycles. The van der Waals surface area contributed by atoms with Gasteiger partial charge in [-0.25, -0.2) is 17.6 Å². The van der Waals surface area contributed by atoms with Gasteiger partial charge in [-0.2, -0.15) is 5.10 Å². The summed E-state index contributed by atoms with van der Waals surface area (Å²) < 4.78 is 53.8. The number of ketones is 1. The fourth-order valence-corrected chi connectivity index (χ4v) is 3.13. The van der Waals surface area contributed by atoms with Gasteiger partial charge in [0.05, 0.1) is 11.1 Å². The van der Waals surface area contributed by atoms with E-state index in [-0.39, 0.29) is 17.7 Å². The number of aromatic amines is 1. The predicted octanol–water partition coefficient (Wildman–Crippen LogP) is 5.24. The van der Waals surface area contributed by atoms with Gasteiger partial charge in [0.2, 0.25) is 0 Å². The molecule has 0 fully saturated rings. The van der Waals surface area contributed by atoms with E-state index in [2.05, 4.69) is 15.5 Å². The van der Waals surface area contributed by atoms with Crippen molar-refractivity contribution in [2.75, 3.05) is 5.32 Å². The number of amides is 1. The second-order valence-electron chi connectivity index (χ2n) is 6.77.